The van der Waals surface area contributed by atoms with Gasteiger partial charge in [0.05, 0.1) is 16.0 Å². The number of hydrogen-bond acceptors (Lipinski definition) is 3. The Labute approximate surface area is 132 Å². The third kappa shape index (κ3) is 3.56. The zero-order valence-electron chi connectivity index (χ0n) is 10.3. The predicted molar refractivity (Wildman–Crippen MR) is 80.2 cm³/mol. The van der Waals surface area contributed by atoms with E-state index in [0.717, 1.165) is 12.1 Å². The van der Waals surface area contributed by atoms with Gasteiger partial charge in [-0.2, -0.15) is 0 Å². The summed E-state index contributed by atoms with van der Waals surface area (Å²) >= 11 is 9.03. The fourth-order valence-corrected chi connectivity index (χ4v) is 2.12. The quantitative estimate of drug-likeness (QED) is 0.640. The van der Waals surface area contributed by atoms with Crippen LogP contribution in [0.1, 0.15) is 10.4 Å². The molecule has 0 aliphatic rings. The second kappa shape index (κ2) is 6.19. The van der Waals surface area contributed by atoms with Gasteiger partial charge in [0.2, 0.25) is 0 Å². The van der Waals surface area contributed by atoms with Crippen LogP contribution in [0.3, 0.4) is 0 Å². The van der Waals surface area contributed by atoms with Gasteiger partial charge in [0.25, 0.3) is 11.6 Å². The standard InChI is InChI=1S/C13H7BrClFN2O3/c14-10-6-8(2-4-11(10)15)17-13(19)9-3-1-7(16)5-12(9)18(20)21/h1-6H,(H,17,19). The van der Waals surface area contributed by atoms with Crippen LogP contribution in [0, 0.1) is 15.9 Å². The van der Waals surface area contributed by atoms with Gasteiger partial charge >= 0.3 is 0 Å². The first-order chi connectivity index (χ1) is 9.88. The molecule has 0 atom stereocenters. The number of anilines is 1. The number of rotatable bonds is 3. The lowest BCUT2D eigenvalue weighted by molar-refractivity contribution is -0.385. The highest BCUT2D eigenvalue weighted by Gasteiger charge is 2.21. The molecule has 108 valence electrons. The number of amides is 1. The van der Waals surface area contributed by atoms with Crippen LogP contribution in [0.25, 0.3) is 0 Å². The van der Waals surface area contributed by atoms with E-state index in [-0.39, 0.29) is 5.56 Å². The molecule has 0 aliphatic heterocycles. The number of halogens is 3. The second-order valence-electron chi connectivity index (χ2n) is 4.00. The molecule has 0 heterocycles. The monoisotopic (exact) mass is 372 g/mol. The molecule has 0 radical (unpaired) electrons. The Kier molecular flexibility index (Phi) is 4.54. The molecule has 0 unspecified atom stereocenters. The molecule has 0 fully saturated rings. The van der Waals surface area contributed by atoms with Crippen molar-refractivity contribution in [2.24, 2.45) is 0 Å². The lowest BCUT2D eigenvalue weighted by Crippen LogP contribution is -2.14. The summed E-state index contributed by atoms with van der Waals surface area (Å²) in [5, 5.41) is 13.8. The minimum absolute atomic E-state index is 0.229. The van der Waals surface area contributed by atoms with Gasteiger partial charge < -0.3 is 5.32 Å². The van der Waals surface area contributed by atoms with Crippen LogP contribution in [-0.2, 0) is 0 Å². The zero-order chi connectivity index (χ0) is 15.6. The van der Waals surface area contributed by atoms with Gasteiger partial charge in [0.1, 0.15) is 11.4 Å². The van der Waals surface area contributed by atoms with Gasteiger partial charge in [-0.15, -0.1) is 0 Å². The summed E-state index contributed by atoms with van der Waals surface area (Å²) in [5.74, 6) is -1.50. The SMILES string of the molecule is O=C(Nc1ccc(Cl)c(Br)c1)c1ccc(F)cc1[N+](=O)[O-]. The highest BCUT2D eigenvalue weighted by atomic mass is 79.9. The zero-order valence-corrected chi connectivity index (χ0v) is 12.6. The molecule has 0 saturated heterocycles. The normalized spacial score (nSPS) is 10.2. The molecule has 21 heavy (non-hydrogen) atoms. The van der Waals surface area contributed by atoms with E-state index in [2.05, 4.69) is 21.2 Å². The minimum atomic E-state index is -0.810. The first kappa shape index (κ1) is 15.4. The summed E-state index contributed by atoms with van der Waals surface area (Å²) < 4.78 is 13.6. The van der Waals surface area contributed by atoms with Gasteiger partial charge in [0, 0.05) is 10.2 Å². The highest BCUT2D eigenvalue weighted by Crippen LogP contribution is 2.27. The molecule has 0 aliphatic carbocycles. The topological polar surface area (TPSA) is 72.2 Å². The van der Waals surface area contributed by atoms with Gasteiger partial charge in [-0.25, -0.2) is 4.39 Å². The average molecular weight is 374 g/mol. The van der Waals surface area contributed by atoms with Crippen LogP contribution in [0.4, 0.5) is 15.8 Å². The van der Waals surface area contributed by atoms with Gasteiger partial charge in [-0.05, 0) is 46.3 Å². The number of nitro benzene ring substituents is 1. The van der Waals surface area contributed by atoms with E-state index in [1.54, 1.807) is 18.2 Å². The van der Waals surface area contributed by atoms with E-state index in [1.807, 2.05) is 0 Å². The molecule has 0 saturated carbocycles. The van der Waals surface area contributed by atoms with Crippen molar-refractivity contribution < 1.29 is 14.1 Å². The first-order valence-corrected chi connectivity index (χ1v) is 6.76. The smallest absolute Gasteiger partial charge is 0.285 e. The predicted octanol–water partition coefficient (Wildman–Crippen LogP) is 4.40. The summed E-state index contributed by atoms with van der Waals surface area (Å²) in [4.78, 5) is 22.1. The number of benzene rings is 2. The highest BCUT2D eigenvalue weighted by molar-refractivity contribution is 9.10. The minimum Gasteiger partial charge on any atom is -0.322 e. The Bertz CT molecular complexity index is 739. The molecule has 1 N–H and O–H groups in total. The van der Waals surface area contributed by atoms with E-state index < -0.39 is 22.3 Å². The summed E-state index contributed by atoms with van der Waals surface area (Å²) in [6.07, 6.45) is 0. The molecular weight excluding hydrogens is 367 g/mol. The van der Waals surface area contributed by atoms with Crippen molar-refractivity contribution in [2.45, 2.75) is 0 Å². The molecule has 2 aromatic carbocycles. The van der Waals surface area contributed by atoms with Crippen molar-refractivity contribution in [3.8, 4) is 0 Å². The third-order valence-corrected chi connectivity index (χ3v) is 3.79. The van der Waals surface area contributed by atoms with E-state index >= 15 is 0 Å². The molecule has 0 bridgehead atoms. The maximum atomic E-state index is 13.0. The lowest BCUT2D eigenvalue weighted by atomic mass is 10.1. The maximum absolute atomic E-state index is 13.0. The molecule has 0 spiro atoms. The third-order valence-electron chi connectivity index (χ3n) is 2.58. The van der Waals surface area contributed by atoms with Gasteiger partial charge in [0.15, 0.2) is 0 Å². The fourth-order valence-electron chi connectivity index (χ4n) is 1.62. The molecular formula is C13H7BrClFN2O3. The molecule has 8 heteroatoms. The van der Waals surface area contributed by atoms with Gasteiger partial charge in [-0.3, -0.25) is 14.9 Å². The summed E-state index contributed by atoms with van der Waals surface area (Å²) in [6.45, 7) is 0. The van der Waals surface area contributed by atoms with Crippen molar-refractivity contribution >= 4 is 44.8 Å². The van der Waals surface area contributed by atoms with Crippen molar-refractivity contribution in [2.75, 3.05) is 5.32 Å². The summed E-state index contributed by atoms with van der Waals surface area (Å²) in [5.41, 5.74) is -0.428. The number of carbonyl (C=O) groups is 1. The van der Waals surface area contributed by atoms with Crippen LogP contribution in [0.15, 0.2) is 40.9 Å². The second-order valence-corrected chi connectivity index (χ2v) is 5.26. The number of nitrogens with zero attached hydrogens (tertiary/aromatic N) is 1. The van der Waals surface area contributed by atoms with Crippen LogP contribution in [-0.4, -0.2) is 10.8 Å². The molecule has 2 rings (SSSR count). The Morgan fingerprint density at radius 2 is 2.00 bits per heavy atom. The Hall–Kier alpha value is -1.99. The van der Waals surface area contributed by atoms with Crippen molar-refractivity contribution in [3.63, 3.8) is 0 Å². The van der Waals surface area contributed by atoms with Crippen LogP contribution in [0.2, 0.25) is 5.02 Å². The lowest BCUT2D eigenvalue weighted by Gasteiger charge is -2.07. The van der Waals surface area contributed by atoms with Crippen molar-refractivity contribution in [1.29, 1.82) is 0 Å². The van der Waals surface area contributed by atoms with Gasteiger partial charge in [-0.1, -0.05) is 11.6 Å². The van der Waals surface area contributed by atoms with E-state index in [9.17, 15) is 19.3 Å². The summed E-state index contributed by atoms with van der Waals surface area (Å²) in [6, 6.07) is 7.40. The first-order valence-electron chi connectivity index (χ1n) is 5.59. The maximum Gasteiger partial charge on any atom is 0.285 e. The number of carbonyl (C=O) groups excluding carboxylic acids is 1. The van der Waals surface area contributed by atoms with Crippen LogP contribution in [0.5, 0.6) is 0 Å². The number of nitro groups is 1. The largest absolute Gasteiger partial charge is 0.322 e. The molecule has 2 aromatic rings. The Morgan fingerprint density at radius 1 is 1.29 bits per heavy atom. The molecule has 1 amide bonds. The average Bonchev–Trinajstić information content (AvgIpc) is 2.42. The van der Waals surface area contributed by atoms with Crippen molar-refractivity contribution in [3.05, 3.63) is 67.4 Å². The number of nitrogens with one attached hydrogen (secondary N) is 1. The fraction of sp³-hybridized carbons (Fsp3) is 0. The molecule has 0 aromatic heterocycles. The Balaban J connectivity index is 2.32. The van der Waals surface area contributed by atoms with Crippen LogP contribution >= 0.6 is 27.5 Å². The van der Waals surface area contributed by atoms with Crippen molar-refractivity contribution in [1.82, 2.24) is 0 Å². The summed E-state index contributed by atoms with van der Waals surface area (Å²) in [7, 11) is 0. The van der Waals surface area contributed by atoms with Crippen LogP contribution < -0.4 is 5.32 Å². The molecule has 5 nitrogen and oxygen atoms in total. The number of hydrogen-bond donors (Lipinski definition) is 1. The van der Waals surface area contributed by atoms with E-state index in [0.29, 0.717) is 21.2 Å². The van der Waals surface area contributed by atoms with E-state index in [1.165, 1.54) is 0 Å². The van der Waals surface area contributed by atoms with E-state index in [4.69, 9.17) is 11.6 Å². The Morgan fingerprint density at radius 3 is 2.62 bits per heavy atom.